The molecule has 3 N–H and O–H groups in total. The minimum atomic E-state index is -1.67. The van der Waals surface area contributed by atoms with Gasteiger partial charge in [0.15, 0.2) is 6.17 Å². The van der Waals surface area contributed by atoms with Crippen LogP contribution in [0.15, 0.2) is 42.5 Å². The molecule has 1 fully saturated rings. The van der Waals surface area contributed by atoms with Crippen LogP contribution in [0.1, 0.15) is 34.6 Å². The van der Waals surface area contributed by atoms with Gasteiger partial charge in [0.25, 0.3) is 0 Å². The monoisotopic (exact) mass is 402 g/mol. The topological polar surface area (TPSA) is 69.9 Å². The molecule has 2 heterocycles. The summed E-state index contributed by atoms with van der Waals surface area (Å²) in [4.78, 5) is 1.18. The zero-order valence-electron chi connectivity index (χ0n) is 15.7. The predicted octanol–water partition coefficient (Wildman–Crippen LogP) is 4.03. The van der Waals surface area contributed by atoms with E-state index in [0.29, 0.717) is 12.0 Å². The van der Waals surface area contributed by atoms with E-state index in [9.17, 15) is 19.7 Å². The summed E-state index contributed by atoms with van der Waals surface area (Å²) in [6.45, 7) is 3.43. The first-order chi connectivity index (χ1) is 13.3. The largest absolute Gasteiger partial charge is 0.508 e. The molecule has 1 aromatic heterocycles. The molecule has 0 unspecified atom stereocenters. The second-order valence-electron chi connectivity index (χ2n) is 7.45. The number of aliphatic hydroxyl groups is 2. The van der Waals surface area contributed by atoms with Gasteiger partial charge in [-0.3, -0.25) is 0 Å². The summed E-state index contributed by atoms with van der Waals surface area (Å²) in [5.74, 6) is -0.0293. The Morgan fingerprint density at radius 2 is 1.86 bits per heavy atom. The Morgan fingerprint density at radius 1 is 1.11 bits per heavy atom. The van der Waals surface area contributed by atoms with Crippen molar-refractivity contribution in [1.29, 1.82) is 0 Å². The van der Waals surface area contributed by atoms with Crippen LogP contribution in [0.4, 0.5) is 4.39 Å². The van der Waals surface area contributed by atoms with E-state index < -0.39 is 30.6 Å². The standard InChI is InChI=1S/C22H23FO4S/c1-11-7-17(24)16(22-21(26)20(25)19(23)12(2)27-22)10-14(11)9-15-8-13-5-3-4-6-18(13)28-15/h3-8,10,12,19-22,24-26H,9H2,1-2H3/t12-,19-,20+,21-,22+/m1/s1. The van der Waals surface area contributed by atoms with Crippen molar-refractivity contribution >= 4 is 21.4 Å². The summed E-state index contributed by atoms with van der Waals surface area (Å²) in [6.07, 6.45) is -5.87. The van der Waals surface area contributed by atoms with Gasteiger partial charge < -0.3 is 20.1 Å². The molecule has 0 radical (unpaired) electrons. The number of aryl methyl sites for hydroxylation is 1. The number of benzene rings is 2. The second kappa shape index (κ2) is 7.44. The zero-order valence-corrected chi connectivity index (χ0v) is 16.5. The highest BCUT2D eigenvalue weighted by molar-refractivity contribution is 7.19. The van der Waals surface area contributed by atoms with E-state index in [-0.39, 0.29) is 5.75 Å². The third-order valence-electron chi connectivity index (χ3n) is 5.43. The van der Waals surface area contributed by atoms with E-state index in [2.05, 4.69) is 18.2 Å². The van der Waals surface area contributed by atoms with Gasteiger partial charge >= 0.3 is 0 Å². The lowest BCUT2D eigenvalue weighted by Gasteiger charge is -2.38. The van der Waals surface area contributed by atoms with Gasteiger partial charge in [-0.05, 0) is 54.6 Å². The lowest BCUT2D eigenvalue weighted by Crippen LogP contribution is -2.51. The average Bonchev–Trinajstić information content (AvgIpc) is 3.08. The van der Waals surface area contributed by atoms with E-state index in [1.54, 1.807) is 23.5 Å². The number of rotatable bonds is 3. The van der Waals surface area contributed by atoms with Crippen molar-refractivity contribution in [3.05, 3.63) is 64.0 Å². The first-order valence-corrected chi connectivity index (χ1v) is 10.1. The predicted molar refractivity (Wildman–Crippen MR) is 108 cm³/mol. The quantitative estimate of drug-likeness (QED) is 0.619. The molecular formula is C22H23FO4S. The fourth-order valence-electron chi connectivity index (χ4n) is 3.78. The van der Waals surface area contributed by atoms with Gasteiger partial charge in [0.05, 0.1) is 6.10 Å². The molecule has 5 atom stereocenters. The number of ether oxygens (including phenoxy) is 1. The van der Waals surface area contributed by atoms with Gasteiger partial charge in [0, 0.05) is 21.6 Å². The van der Waals surface area contributed by atoms with Crippen LogP contribution in [0.2, 0.25) is 0 Å². The highest BCUT2D eigenvalue weighted by Gasteiger charge is 2.44. The van der Waals surface area contributed by atoms with Crippen molar-refractivity contribution in [2.24, 2.45) is 0 Å². The Hall–Kier alpha value is -1.99. The van der Waals surface area contributed by atoms with Crippen molar-refractivity contribution in [3.8, 4) is 5.75 Å². The van der Waals surface area contributed by atoms with Gasteiger partial charge in [-0.15, -0.1) is 11.3 Å². The Bertz CT molecular complexity index is 968. The number of halogens is 1. The Morgan fingerprint density at radius 3 is 2.61 bits per heavy atom. The van der Waals surface area contributed by atoms with Gasteiger partial charge in [-0.2, -0.15) is 0 Å². The molecule has 1 saturated heterocycles. The molecule has 0 amide bonds. The number of thiophene rings is 1. The summed E-state index contributed by atoms with van der Waals surface area (Å²) in [5, 5.41) is 32.0. The highest BCUT2D eigenvalue weighted by Crippen LogP contribution is 2.39. The van der Waals surface area contributed by atoms with E-state index in [0.717, 1.165) is 11.1 Å². The van der Waals surface area contributed by atoms with Crippen LogP contribution in [-0.4, -0.2) is 39.8 Å². The third kappa shape index (κ3) is 3.42. The average molecular weight is 402 g/mol. The Kier molecular flexibility index (Phi) is 5.14. The van der Waals surface area contributed by atoms with E-state index in [1.807, 2.05) is 19.1 Å². The number of alkyl halides is 1. The minimum absolute atomic E-state index is 0.0293. The second-order valence-corrected chi connectivity index (χ2v) is 8.62. The van der Waals surface area contributed by atoms with Crippen LogP contribution < -0.4 is 0 Å². The van der Waals surface area contributed by atoms with E-state index in [1.165, 1.54) is 21.9 Å². The normalized spacial score (nSPS) is 28.0. The fourth-order valence-corrected chi connectivity index (χ4v) is 4.86. The summed E-state index contributed by atoms with van der Waals surface area (Å²) >= 11 is 1.72. The maximum Gasteiger partial charge on any atom is 0.154 e. The third-order valence-corrected chi connectivity index (χ3v) is 6.55. The van der Waals surface area contributed by atoms with Gasteiger partial charge in [0.1, 0.15) is 24.1 Å². The number of phenols is 1. The molecule has 0 bridgehead atoms. The lowest BCUT2D eigenvalue weighted by molar-refractivity contribution is -0.201. The number of aromatic hydroxyl groups is 1. The smallest absolute Gasteiger partial charge is 0.154 e. The molecule has 0 spiro atoms. The molecular weight excluding hydrogens is 379 g/mol. The SMILES string of the molecule is Cc1cc(O)c([C@@H]2O[C@H](C)[C@@H](F)[C@H](O)[C@H]2O)cc1Cc1cc2ccccc2s1. The lowest BCUT2D eigenvalue weighted by atomic mass is 9.89. The maximum atomic E-state index is 13.9. The summed E-state index contributed by atoms with van der Waals surface area (Å²) in [6, 6.07) is 13.8. The number of fused-ring (bicyclic) bond motifs is 1. The molecule has 28 heavy (non-hydrogen) atoms. The van der Waals surface area contributed by atoms with Crippen molar-refractivity contribution in [2.45, 2.75) is 50.9 Å². The molecule has 0 aliphatic carbocycles. The summed E-state index contributed by atoms with van der Waals surface area (Å²) < 4.78 is 20.8. The van der Waals surface area contributed by atoms with Crippen LogP contribution >= 0.6 is 11.3 Å². The van der Waals surface area contributed by atoms with Crippen molar-refractivity contribution < 1.29 is 24.4 Å². The van der Waals surface area contributed by atoms with Crippen LogP contribution in [0.25, 0.3) is 10.1 Å². The van der Waals surface area contributed by atoms with Gasteiger partial charge in [0.2, 0.25) is 0 Å². The van der Waals surface area contributed by atoms with E-state index >= 15 is 0 Å². The van der Waals surface area contributed by atoms with Gasteiger partial charge in [-0.1, -0.05) is 18.2 Å². The summed E-state index contributed by atoms with van der Waals surface area (Å²) in [5.41, 5.74) is 2.27. The molecule has 3 aromatic rings. The van der Waals surface area contributed by atoms with Crippen molar-refractivity contribution in [1.82, 2.24) is 0 Å². The minimum Gasteiger partial charge on any atom is -0.508 e. The zero-order chi connectivity index (χ0) is 20.0. The molecule has 148 valence electrons. The molecule has 1 aliphatic heterocycles. The first-order valence-electron chi connectivity index (χ1n) is 9.30. The number of hydrogen-bond donors (Lipinski definition) is 3. The Balaban J connectivity index is 1.68. The molecule has 1 aliphatic rings. The first kappa shape index (κ1) is 19.3. The Labute approximate surface area is 166 Å². The summed E-state index contributed by atoms with van der Waals surface area (Å²) in [7, 11) is 0. The highest BCUT2D eigenvalue weighted by atomic mass is 32.1. The maximum absolute atomic E-state index is 13.9. The van der Waals surface area contributed by atoms with E-state index in [4.69, 9.17) is 4.74 Å². The van der Waals surface area contributed by atoms with Crippen molar-refractivity contribution in [3.63, 3.8) is 0 Å². The number of phenolic OH excluding ortho intramolecular Hbond substituents is 1. The molecule has 6 heteroatoms. The molecule has 0 saturated carbocycles. The van der Waals surface area contributed by atoms with Crippen LogP contribution in [0, 0.1) is 6.92 Å². The number of hydrogen-bond acceptors (Lipinski definition) is 5. The molecule has 2 aromatic carbocycles. The van der Waals surface area contributed by atoms with Crippen LogP contribution in [0.3, 0.4) is 0 Å². The number of aliphatic hydroxyl groups excluding tert-OH is 2. The molecule has 4 nitrogen and oxygen atoms in total. The van der Waals surface area contributed by atoms with Crippen LogP contribution in [0.5, 0.6) is 5.75 Å². The molecule has 4 rings (SSSR count). The fraction of sp³-hybridized carbons (Fsp3) is 0.364. The van der Waals surface area contributed by atoms with Gasteiger partial charge in [-0.25, -0.2) is 4.39 Å². The van der Waals surface area contributed by atoms with Crippen LogP contribution in [-0.2, 0) is 11.2 Å². The van der Waals surface area contributed by atoms with Crippen molar-refractivity contribution in [2.75, 3.05) is 0 Å².